The van der Waals surface area contributed by atoms with Gasteiger partial charge < -0.3 is 98.3 Å². The summed E-state index contributed by atoms with van der Waals surface area (Å²) < 4.78 is 6.11. The van der Waals surface area contributed by atoms with Gasteiger partial charge >= 0.3 is 5.97 Å². The minimum atomic E-state index is -2.49. The molecule has 34 heteroatoms. The van der Waals surface area contributed by atoms with Gasteiger partial charge in [-0.15, -0.1) is 0 Å². The molecule has 6 rings (SSSR count). The van der Waals surface area contributed by atoms with Crippen molar-refractivity contribution in [1.29, 1.82) is 0 Å². The van der Waals surface area contributed by atoms with Crippen LogP contribution in [0.5, 0.6) is 5.75 Å². The summed E-state index contributed by atoms with van der Waals surface area (Å²) in [5.74, 6) is -14.3. The number of carbonyl (C=O) groups is 14. The number of aliphatic hydroxyl groups is 5. The van der Waals surface area contributed by atoms with Gasteiger partial charge in [0.1, 0.15) is 65.9 Å². The van der Waals surface area contributed by atoms with E-state index in [0.29, 0.717) is 24.0 Å². The molecule has 2 bridgehead atoms. The molecular formula is C73H107N13O21. The first kappa shape index (κ1) is 86.4. The van der Waals surface area contributed by atoms with Gasteiger partial charge in [-0.3, -0.25) is 67.6 Å². The maximum absolute atomic E-state index is 15.3. The summed E-state index contributed by atoms with van der Waals surface area (Å²) in [6.45, 7) is 8.76. The van der Waals surface area contributed by atoms with Crippen molar-refractivity contribution in [3.8, 4) is 5.75 Å². The molecule has 4 aliphatic heterocycles. The van der Waals surface area contributed by atoms with Crippen molar-refractivity contribution in [1.82, 2.24) is 62.6 Å². The highest BCUT2D eigenvalue weighted by atomic mass is 16.5. The number of phenols is 1. The highest BCUT2D eigenvalue weighted by Gasteiger charge is 2.46. The average molecular weight is 1500 g/mol. The predicted octanol–water partition coefficient (Wildman–Crippen LogP) is -3.35. The number of fused-ring (bicyclic) bond motifs is 4. The Hall–Kier alpha value is -9.48. The normalized spacial score (nSPS) is 26.7. The maximum atomic E-state index is 15.3. The summed E-state index contributed by atoms with van der Waals surface area (Å²) in [7, 11) is 1.31. The lowest BCUT2D eigenvalue weighted by Crippen LogP contribution is -2.61. The minimum Gasteiger partial charge on any atom is -0.508 e. The van der Waals surface area contributed by atoms with Crippen LogP contribution >= 0.6 is 0 Å². The number of nitrogens with zero attached hydrogens (tertiary/aromatic N) is 3. The molecule has 0 saturated carbocycles. The predicted molar refractivity (Wildman–Crippen MR) is 383 cm³/mol. The Morgan fingerprint density at radius 3 is 1.85 bits per heavy atom. The fraction of sp³-hybridized carbons (Fsp3) is 0.616. The monoisotopic (exact) mass is 1500 g/mol. The van der Waals surface area contributed by atoms with E-state index in [2.05, 4.69) is 47.9 Å². The first-order valence-corrected chi connectivity index (χ1v) is 36.5. The number of allylic oxidation sites excluding steroid dienone is 1. The smallest absolute Gasteiger partial charge is 0.329 e. The van der Waals surface area contributed by atoms with E-state index >= 15 is 9.59 Å². The van der Waals surface area contributed by atoms with Crippen molar-refractivity contribution in [2.24, 2.45) is 17.6 Å². The van der Waals surface area contributed by atoms with Crippen molar-refractivity contribution in [3.63, 3.8) is 0 Å². The third-order valence-electron chi connectivity index (χ3n) is 19.9. The maximum Gasteiger partial charge on any atom is 0.329 e. The number of hydrogen-bond donors (Lipinski definition) is 16. The molecule has 4 saturated heterocycles. The summed E-state index contributed by atoms with van der Waals surface area (Å²) in [6.07, 6.45) is -9.72. The van der Waals surface area contributed by atoms with Crippen LogP contribution in [0.25, 0.3) is 0 Å². The van der Waals surface area contributed by atoms with Crippen molar-refractivity contribution in [2.45, 2.75) is 242 Å². The number of ether oxygens (including phenoxy) is 1. The molecule has 1 unspecified atom stereocenters. The zero-order chi connectivity index (χ0) is 79.1. The molecule has 0 spiro atoms. The lowest BCUT2D eigenvalue weighted by Gasteiger charge is -2.34. The van der Waals surface area contributed by atoms with Crippen LogP contribution in [0.1, 0.15) is 143 Å². The fourth-order valence-corrected chi connectivity index (χ4v) is 13.4. The van der Waals surface area contributed by atoms with Gasteiger partial charge in [0.05, 0.1) is 49.6 Å². The van der Waals surface area contributed by atoms with Gasteiger partial charge in [0, 0.05) is 52.7 Å². The third kappa shape index (κ3) is 24.8. The molecule has 2 aromatic carbocycles. The molecule has 0 radical (unpaired) electrons. The van der Waals surface area contributed by atoms with E-state index in [1.165, 1.54) is 50.1 Å². The van der Waals surface area contributed by atoms with Gasteiger partial charge in [-0.25, -0.2) is 4.79 Å². The van der Waals surface area contributed by atoms with Crippen LogP contribution in [0.4, 0.5) is 0 Å². The Labute approximate surface area is 621 Å². The van der Waals surface area contributed by atoms with E-state index < -0.39 is 230 Å². The summed E-state index contributed by atoms with van der Waals surface area (Å²) in [4.78, 5) is 202. The van der Waals surface area contributed by atoms with Crippen LogP contribution in [0.3, 0.4) is 0 Å². The topological polar surface area (TPSA) is 514 Å². The second kappa shape index (κ2) is 41.0. The molecule has 590 valence electrons. The van der Waals surface area contributed by atoms with Gasteiger partial charge in [-0.1, -0.05) is 82.7 Å². The number of likely N-dealkylation sites (N-methyl/N-ethyl adjacent to an activating group) is 1. The van der Waals surface area contributed by atoms with Crippen molar-refractivity contribution in [2.75, 3.05) is 33.3 Å². The zero-order valence-electron chi connectivity index (χ0n) is 61.8. The highest BCUT2D eigenvalue weighted by molar-refractivity contribution is 6.03. The second-order valence-corrected chi connectivity index (χ2v) is 28.4. The molecule has 4 aliphatic rings. The Morgan fingerprint density at radius 1 is 0.673 bits per heavy atom. The lowest BCUT2D eigenvalue weighted by molar-refractivity contribution is -0.162. The summed E-state index contributed by atoms with van der Waals surface area (Å²) in [6, 6.07) is -2.01. The number of Topliss-reactive ketones (excluding diaryl/α,β-unsaturated/α-hetero) is 1. The molecule has 4 fully saturated rings. The molecule has 12 amide bonds. The van der Waals surface area contributed by atoms with Crippen LogP contribution in [-0.4, -0.2) is 258 Å². The number of esters is 1. The molecule has 2 aromatic rings. The second-order valence-electron chi connectivity index (χ2n) is 28.4. The fourth-order valence-electron chi connectivity index (χ4n) is 13.4. The molecule has 0 aliphatic carbocycles. The number of aromatic hydroxyl groups is 1. The Bertz CT molecular complexity index is 3510. The summed E-state index contributed by atoms with van der Waals surface area (Å²) in [5.41, 5.74) is 6.13. The molecule has 107 heavy (non-hydrogen) atoms. The number of aliphatic hydroxyl groups excluding tert-OH is 5. The van der Waals surface area contributed by atoms with E-state index in [4.69, 9.17) is 10.5 Å². The molecule has 17 N–H and O–H groups in total. The first-order valence-electron chi connectivity index (χ1n) is 36.5. The van der Waals surface area contributed by atoms with Gasteiger partial charge in [-0.05, 0) is 113 Å². The molecule has 4 heterocycles. The Kier molecular flexibility index (Phi) is 33.1. The number of phenolic OH excluding ortho intramolecular Hbond substituents is 1. The third-order valence-corrected chi connectivity index (χ3v) is 19.9. The first-order chi connectivity index (χ1) is 50.7. The van der Waals surface area contributed by atoms with Crippen LogP contribution in [0.2, 0.25) is 0 Å². The van der Waals surface area contributed by atoms with Gasteiger partial charge in [0.15, 0.2) is 11.9 Å². The number of nitrogens with one attached hydrogen (secondary N) is 9. The number of benzene rings is 2. The minimum absolute atomic E-state index is 0.0135. The van der Waals surface area contributed by atoms with E-state index in [-0.39, 0.29) is 82.5 Å². The lowest BCUT2D eigenvalue weighted by atomic mass is 9.93. The number of rotatable bonds is 22. The van der Waals surface area contributed by atoms with Gasteiger partial charge in [0.2, 0.25) is 59.1 Å². The number of aryl methyl sites for hydroxylation is 1. The van der Waals surface area contributed by atoms with E-state index in [9.17, 15) is 88.2 Å². The van der Waals surface area contributed by atoms with Gasteiger partial charge in [0.25, 0.3) is 11.8 Å². The van der Waals surface area contributed by atoms with E-state index in [1.54, 1.807) is 58.0 Å². The quantitative estimate of drug-likeness (QED) is 0.0405. The van der Waals surface area contributed by atoms with Crippen LogP contribution in [-0.2, 0) is 84.7 Å². The van der Waals surface area contributed by atoms with E-state index in [0.717, 1.165) is 22.8 Å². The average Bonchev–Trinajstić information content (AvgIpc) is 1.74. The number of carbonyl (C=O) groups excluding carboxylic acids is 14. The number of nitrogens with two attached hydrogens (primary N) is 1. The Balaban J connectivity index is 1.43. The van der Waals surface area contributed by atoms with Gasteiger partial charge in [-0.2, -0.15) is 0 Å². The molecule has 17 atom stereocenters. The van der Waals surface area contributed by atoms with Crippen molar-refractivity contribution >= 4 is 82.6 Å². The number of amides is 12. The highest BCUT2D eigenvalue weighted by Crippen LogP contribution is 2.27. The summed E-state index contributed by atoms with van der Waals surface area (Å²) in [5, 5.41) is 89.9. The molecule has 34 nitrogen and oxygen atoms in total. The number of primary amides is 1. The van der Waals surface area contributed by atoms with Crippen molar-refractivity contribution < 1.29 is 102 Å². The summed E-state index contributed by atoms with van der Waals surface area (Å²) >= 11 is 0. The SMILES string of the molecule is CC=C1NC(=O)[C@H](CO)NC(=O)[C@@H]([C@@H](C)CC)NC(=O)[C@@H]2CCCN2C(=O)[C@@H]2CC[C@@H](N2)C(=O)CNC(=O)[C@@H](CCC(N)=O)NC(=O)[C@@H](O)[C@@H](C[C@H](C[C@H](O)[C@H](O)CC(C)C)OC(=O)[C@H](Cc2ccc(O)cc2)N(C)C(C)=O)NC(=O)[C@@H]2CCCN2C(=O)[C@@H](CCc2ccccc2)NC(=O)C([C@@H](C)O)NC1=O. The van der Waals surface area contributed by atoms with Crippen LogP contribution in [0, 0.1) is 11.8 Å². The van der Waals surface area contributed by atoms with Crippen molar-refractivity contribution in [3.05, 3.63) is 77.5 Å². The molecule has 0 aromatic heterocycles. The standard InChI is InChI=1S/C73H107N13O21/c1-9-39(5)60-68(101)81-52(37-87)65(98)77-46(10-2)64(97)83-61(40(6)88)69(102)79-50(25-22-42-16-12-11-13-17-42)72(105)85-30-14-18-53(85)66(99)80-51(34-45(35-57(92)56(91)32-38(3)4)107-73(106)55(84(8)41(7)89)33-43-20-23-44(90)24-21-43)62(95)70(103)78-48(28-29-59(74)94)63(96)75-36-58(93)47-26-27-49(76-47)71(104)86-31-15-19-54(86)67(100)82-60/h10-13,16-17,20-21,23-24,38-40,45,47-57,60-62,76,87-88,90-92,95H,9,14-15,18-19,22,25-37H2,1-8H3,(H2,74,94)(H,75,96)(H,77,98)(H,78,103)(H,79,102)(H,80,99)(H,81,101)(H,82,100)(H,83,97)/t39-,40+,45+,47+,48+,49-,50+,51+,52-,53-,54-,55-,56+,57-,60+,61?,62-/m0/s1. The van der Waals surface area contributed by atoms with Crippen LogP contribution < -0.4 is 53.6 Å². The van der Waals surface area contributed by atoms with E-state index in [1.807, 2.05) is 0 Å². The number of ketones is 1. The zero-order valence-corrected chi connectivity index (χ0v) is 61.8. The number of hydrogen-bond acceptors (Lipinski definition) is 22. The largest absolute Gasteiger partial charge is 0.508 e. The molecular weight excluding hydrogens is 1390 g/mol. The van der Waals surface area contributed by atoms with Crippen LogP contribution in [0.15, 0.2) is 66.4 Å². The Morgan fingerprint density at radius 2 is 1.26 bits per heavy atom.